The van der Waals surface area contributed by atoms with E-state index in [2.05, 4.69) is 24.9 Å². The van der Waals surface area contributed by atoms with E-state index in [1.54, 1.807) is 18.7 Å². The van der Waals surface area contributed by atoms with Crippen molar-refractivity contribution in [3.63, 3.8) is 0 Å². The number of fused-ring (bicyclic) bond motifs is 1. The Balaban J connectivity index is 1.88. The number of rotatable bonds is 4. The number of hydrogen-bond donors (Lipinski definition) is 0. The maximum Gasteiger partial charge on any atom is 0.235 e. The third-order valence-corrected chi connectivity index (χ3v) is 5.24. The quantitative estimate of drug-likeness (QED) is 0.553. The van der Waals surface area contributed by atoms with E-state index in [-0.39, 0.29) is 0 Å². The van der Waals surface area contributed by atoms with Crippen LogP contribution in [0.3, 0.4) is 0 Å². The molecule has 0 fully saturated rings. The van der Waals surface area contributed by atoms with Gasteiger partial charge in [-0.25, -0.2) is 0 Å². The molecule has 0 N–H and O–H groups in total. The lowest BCUT2D eigenvalue weighted by atomic mass is 10.2. The van der Waals surface area contributed by atoms with Crippen molar-refractivity contribution in [3.8, 4) is 32.8 Å². The molecule has 0 amide bonds. The van der Waals surface area contributed by atoms with Crippen LogP contribution >= 0.6 is 22.9 Å². The van der Waals surface area contributed by atoms with Gasteiger partial charge in [0, 0.05) is 0 Å². The largest absolute Gasteiger partial charge is 0.497 e. The summed E-state index contributed by atoms with van der Waals surface area (Å²) in [4.78, 5) is 1.55. The second-order valence-corrected chi connectivity index (χ2v) is 6.59. The summed E-state index contributed by atoms with van der Waals surface area (Å²) in [6, 6.07) is 5.60. The molecule has 0 aliphatic rings. The molecule has 0 aliphatic heterocycles. The number of aryl methyl sites for hydroxylation is 1. The lowest BCUT2D eigenvalue weighted by Crippen LogP contribution is -1.93. The predicted molar refractivity (Wildman–Crippen MR) is 90.8 cm³/mol. The van der Waals surface area contributed by atoms with E-state index in [9.17, 15) is 0 Å². The predicted octanol–water partition coefficient (Wildman–Crippen LogP) is 2.70. The van der Waals surface area contributed by atoms with Crippen LogP contribution in [0.15, 0.2) is 18.2 Å². The topological polar surface area (TPSA) is 87.3 Å². The van der Waals surface area contributed by atoms with E-state index in [1.807, 2.05) is 25.1 Å². The first-order valence-corrected chi connectivity index (χ1v) is 8.54. The fraction of sp³-hybridized carbons (Fsp3) is 0.214. The molecule has 8 nitrogen and oxygen atoms in total. The molecule has 0 saturated carbocycles. The summed E-state index contributed by atoms with van der Waals surface area (Å²) in [5.41, 5.74) is 1.65. The number of nitrogens with zero attached hydrogens (tertiary/aromatic N) is 6. The Morgan fingerprint density at radius 3 is 2.67 bits per heavy atom. The van der Waals surface area contributed by atoms with Crippen molar-refractivity contribution in [2.75, 3.05) is 14.2 Å². The van der Waals surface area contributed by atoms with Gasteiger partial charge in [-0.05, 0) is 36.7 Å². The van der Waals surface area contributed by atoms with Crippen LogP contribution in [-0.4, -0.2) is 43.6 Å². The third-order valence-electron chi connectivity index (χ3n) is 3.48. The van der Waals surface area contributed by atoms with Crippen molar-refractivity contribution in [2.24, 2.45) is 0 Å². The van der Waals surface area contributed by atoms with Crippen molar-refractivity contribution in [1.82, 2.24) is 29.4 Å². The zero-order valence-corrected chi connectivity index (χ0v) is 14.7. The molecule has 10 heteroatoms. The van der Waals surface area contributed by atoms with Crippen molar-refractivity contribution in [1.29, 1.82) is 0 Å². The normalized spacial score (nSPS) is 11.1. The average Bonchev–Trinajstić information content (AvgIpc) is 3.29. The van der Waals surface area contributed by atoms with Gasteiger partial charge in [-0.2, -0.15) is 9.61 Å². The van der Waals surface area contributed by atoms with Crippen LogP contribution in [-0.2, 0) is 0 Å². The van der Waals surface area contributed by atoms with Gasteiger partial charge < -0.3 is 9.47 Å². The SMILES string of the molecule is COc1ccc(OC)c(-c2nn3c(-c4snnc4C)nnc3s2)c1. The van der Waals surface area contributed by atoms with Crippen LogP contribution in [0.1, 0.15) is 5.69 Å². The Labute approximate surface area is 144 Å². The molecule has 3 heterocycles. The number of hydrogen-bond acceptors (Lipinski definition) is 9. The highest BCUT2D eigenvalue weighted by Crippen LogP contribution is 2.36. The molecule has 1 aromatic carbocycles. The van der Waals surface area contributed by atoms with E-state index in [1.165, 1.54) is 22.9 Å². The molecule has 3 aromatic heterocycles. The summed E-state index contributed by atoms with van der Waals surface area (Å²) in [7, 11) is 3.26. The minimum absolute atomic E-state index is 0.641. The Morgan fingerprint density at radius 2 is 1.96 bits per heavy atom. The number of methoxy groups -OCH3 is 2. The summed E-state index contributed by atoms with van der Waals surface area (Å²) in [6.45, 7) is 1.89. The molecule has 0 bridgehead atoms. The average molecular weight is 360 g/mol. The smallest absolute Gasteiger partial charge is 0.235 e. The van der Waals surface area contributed by atoms with Gasteiger partial charge in [0.25, 0.3) is 0 Å². The lowest BCUT2D eigenvalue weighted by molar-refractivity contribution is 0.404. The van der Waals surface area contributed by atoms with Crippen LogP contribution in [0.2, 0.25) is 0 Å². The molecular formula is C14H12N6O2S2. The fourth-order valence-electron chi connectivity index (χ4n) is 2.29. The first-order valence-electron chi connectivity index (χ1n) is 6.95. The van der Waals surface area contributed by atoms with Crippen molar-refractivity contribution < 1.29 is 9.47 Å². The zero-order valence-electron chi connectivity index (χ0n) is 13.0. The second-order valence-electron chi connectivity index (χ2n) is 4.88. The van der Waals surface area contributed by atoms with Gasteiger partial charge in [0.2, 0.25) is 4.96 Å². The van der Waals surface area contributed by atoms with Gasteiger partial charge in [-0.1, -0.05) is 15.8 Å². The standard InChI is InChI=1S/C14H12N6O2S2/c1-7-11(24-19-15-7)12-16-17-14-20(12)18-13(23-14)9-6-8(21-2)4-5-10(9)22-3/h4-6H,1-3H3. The summed E-state index contributed by atoms with van der Waals surface area (Å²) in [6.07, 6.45) is 0. The molecular weight excluding hydrogens is 348 g/mol. The molecule has 4 rings (SSSR count). The van der Waals surface area contributed by atoms with Gasteiger partial charge in [-0.3, -0.25) is 0 Å². The summed E-state index contributed by atoms with van der Waals surface area (Å²) >= 11 is 2.71. The van der Waals surface area contributed by atoms with Gasteiger partial charge in [0.1, 0.15) is 16.4 Å². The van der Waals surface area contributed by atoms with Crippen LogP contribution in [0.5, 0.6) is 11.5 Å². The van der Waals surface area contributed by atoms with E-state index < -0.39 is 0 Å². The second kappa shape index (κ2) is 5.80. The van der Waals surface area contributed by atoms with Crippen LogP contribution in [0, 0.1) is 6.92 Å². The maximum absolute atomic E-state index is 5.44. The molecule has 0 radical (unpaired) electrons. The summed E-state index contributed by atoms with van der Waals surface area (Å²) in [5, 5.41) is 17.9. The number of ether oxygens (including phenoxy) is 2. The maximum atomic E-state index is 5.44. The van der Waals surface area contributed by atoms with Gasteiger partial charge >= 0.3 is 0 Å². The van der Waals surface area contributed by atoms with Crippen molar-refractivity contribution in [2.45, 2.75) is 6.92 Å². The molecule has 0 spiro atoms. The van der Waals surface area contributed by atoms with Gasteiger partial charge in [-0.15, -0.1) is 15.3 Å². The highest BCUT2D eigenvalue weighted by Gasteiger charge is 2.20. The van der Waals surface area contributed by atoms with E-state index >= 15 is 0 Å². The number of aromatic nitrogens is 6. The highest BCUT2D eigenvalue weighted by molar-refractivity contribution is 7.20. The Kier molecular flexibility index (Phi) is 3.62. The van der Waals surface area contributed by atoms with E-state index in [4.69, 9.17) is 9.47 Å². The Morgan fingerprint density at radius 1 is 1.08 bits per heavy atom. The van der Waals surface area contributed by atoms with Gasteiger partial charge in [0.05, 0.1) is 25.5 Å². The monoisotopic (exact) mass is 360 g/mol. The summed E-state index contributed by atoms with van der Waals surface area (Å²) < 4.78 is 16.4. The van der Waals surface area contributed by atoms with Gasteiger partial charge in [0.15, 0.2) is 10.8 Å². The van der Waals surface area contributed by atoms with Crippen molar-refractivity contribution >= 4 is 27.8 Å². The van der Waals surface area contributed by atoms with Crippen molar-refractivity contribution in [3.05, 3.63) is 23.9 Å². The first-order chi connectivity index (χ1) is 11.7. The summed E-state index contributed by atoms with van der Waals surface area (Å²) in [5.74, 6) is 2.10. The van der Waals surface area contributed by atoms with Crippen LogP contribution in [0.25, 0.3) is 26.2 Å². The van der Waals surface area contributed by atoms with E-state index in [0.29, 0.717) is 10.8 Å². The molecule has 0 saturated heterocycles. The first kappa shape index (κ1) is 15.0. The molecule has 0 atom stereocenters. The Bertz CT molecular complexity index is 1020. The third kappa shape index (κ3) is 2.31. The highest BCUT2D eigenvalue weighted by atomic mass is 32.1. The fourth-order valence-corrected chi connectivity index (χ4v) is 3.77. The zero-order chi connectivity index (χ0) is 16.7. The minimum atomic E-state index is 0.641. The lowest BCUT2D eigenvalue weighted by Gasteiger charge is -2.07. The van der Waals surface area contributed by atoms with Crippen LogP contribution in [0.4, 0.5) is 0 Å². The molecule has 4 aromatic rings. The molecule has 0 unspecified atom stereocenters. The molecule has 122 valence electrons. The van der Waals surface area contributed by atoms with E-state index in [0.717, 1.165) is 32.6 Å². The molecule has 0 aliphatic carbocycles. The Hall–Kier alpha value is -2.59. The van der Waals surface area contributed by atoms with Crippen LogP contribution < -0.4 is 9.47 Å². The minimum Gasteiger partial charge on any atom is -0.497 e. The number of benzene rings is 1. The molecule has 24 heavy (non-hydrogen) atoms.